The van der Waals surface area contributed by atoms with Gasteiger partial charge in [-0.1, -0.05) is 12.1 Å². The number of carbonyl (C=O) groups excluding carboxylic acids is 1. The molecule has 0 aliphatic carbocycles. The molecule has 0 bridgehead atoms. The average molecular weight is 195 g/mol. The molecule has 14 heavy (non-hydrogen) atoms. The van der Waals surface area contributed by atoms with E-state index in [1.165, 1.54) is 7.11 Å². The Bertz CT molecular complexity index is 306. The van der Waals surface area contributed by atoms with E-state index in [-0.39, 0.29) is 5.97 Å². The zero-order valence-corrected chi connectivity index (χ0v) is 8.23. The summed E-state index contributed by atoms with van der Waals surface area (Å²) >= 11 is 0. The van der Waals surface area contributed by atoms with E-state index >= 15 is 0 Å². The van der Waals surface area contributed by atoms with E-state index in [2.05, 4.69) is 4.74 Å². The lowest BCUT2D eigenvalue weighted by atomic mass is 10.1. The molecule has 0 saturated carbocycles. The van der Waals surface area contributed by atoms with Crippen LogP contribution in [-0.2, 0) is 11.3 Å². The normalized spacial score (nSPS) is 10.3. The first kappa shape index (κ1) is 10.7. The summed E-state index contributed by atoms with van der Waals surface area (Å²) in [6, 6.07) is 6.90. The summed E-state index contributed by atoms with van der Waals surface area (Å²) in [5, 5.41) is 10.0. The van der Waals surface area contributed by atoms with Crippen molar-refractivity contribution >= 4 is 5.97 Å². The van der Waals surface area contributed by atoms with E-state index in [9.17, 15) is 4.79 Å². The molecule has 1 rings (SSSR count). The molecule has 0 aromatic heterocycles. The van der Waals surface area contributed by atoms with Gasteiger partial charge < -0.3 is 9.94 Å². The van der Waals surface area contributed by atoms with E-state index in [1.54, 1.807) is 31.3 Å². The first-order valence-corrected chi connectivity index (χ1v) is 4.20. The molecule has 76 valence electrons. The molecule has 0 fully saturated rings. The third-order valence-corrected chi connectivity index (χ3v) is 1.79. The fourth-order valence-corrected chi connectivity index (χ4v) is 1.13. The number of hydrogen-bond acceptors (Lipinski definition) is 4. The van der Waals surface area contributed by atoms with Crippen LogP contribution in [0.5, 0.6) is 0 Å². The van der Waals surface area contributed by atoms with Crippen molar-refractivity contribution in [3.8, 4) is 0 Å². The molecule has 0 aliphatic heterocycles. The second-order valence-corrected chi connectivity index (χ2v) is 3.00. The number of benzene rings is 1. The van der Waals surface area contributed by atoms with Crippen molar-refractivity contribution < 1.29 is 14.7 Å². The van der Waals surface area contributed by atoms with Gasteiger partial charge in [-0.2, -0.15) is 5.06 Å². The van der Waals surface area contributed by atoms with Gasteiger partial charge in [0.25, 0.3) is 0 Å². The van der Waals surface area contributed by atoms with Crippen molar-refractivity contribution in [3.63, 3.8) is 0 Å². The quantitative estimate of drug-likeness (QED) is 0.583. The lowest BCUT2D eigenvalue weighted by Gasteiger charge is -2.07. The lowest BCUT2D eigenvalue weighted by Crippen LogP contribution is -2.11. The number of rotatable bonds is 3. The molecule has 1 N–H and O–H groups in total. The highest BCUT2D eigenvalue weighted by atomic mass is 16.5. The molecule has 4 heteroatoms. The zero-order chi connectivity index (χ0) is 10.6. The smallest absolute Gasteiger partial charge is 0.337 e. The molecular formula is C10H13NO3. The Morgan fingerprint density at radius 2 is 2.00 bits per heavy atom. The molecular weight excluding hydrogens is 182 g/mol. The summed E-state index contributed by atoms with van der Waals surface area (Å²) in [4.78, 5) is 11.1. The van der Waals surface area contributed by atoms with Crippen molar-refractivity contribution in [1.29, 1.82) is 0 Å². The first-order chi connectivity index (χ1) is 6.63. The molecule has 0 amide bonds. The van der Waals surface area contributed by atoms with Gasteiger partial charge in [-0.15, -0.1) is 0 Å². The van der Waals surface area contributed by atoms with Crippen molar-refractivity contribution in [2.45, 2.75) is 6.54 Å². The summed E-state index contributed by atoms with van der Waals surface area (Å²) in [6.45, 7) is 0.432. The SMILES string of the molecule is COC(=O)c1ccc(CN(C)O)cc1. The van der Waals surface area contributed by atoms with E-state index in [0.29, 0.717) is 12.1 Å². The van der Waals surface area contributed by atoms with Crippen LogP contribution in [0.3, 0.4) is 0 Å². The predicted molar refractivity (Wildman–Crippen MR) is 51.0 cm³/mol. The fraction of sp³-hybridized carbons (Fsp3) is 0.300. The Hall–Kier alpha value is -1.39. The van der Waals surface area contributed by atoms with Gasteiger partial charge in [0.2, 0.25) is 0 Å². The maximum atomic E-state index is 11.1. The first-order valence-electron chi connectivity index (χ1n) is 4.20. The number of methoxy groups -OCH3 is 1. The Kier molecular flexibility index (Phi) is 3.62. The van der Waals surface area contributed by atoms with Crippen molar-refractivity contribution in [2.75, 3.05) is 14.2 Å². The van der Waals surface area contributed by atoms with Gasteiger partial charge in [0.05, 0.1) is 12.7 Å². The van der Waals surface area contributed by atoms with Crippen LogP contribution in [0.4, 0.5) is 0 Å². The third-order valence-electron chi connectivity index (χ3n) is 1.79. The minimum Gasteiger partial charge on any atom is -0.465 e. The minimum atomic E-state index is -0.353. The van der Waals surface area contributed by atoms with E-state index in [0.717, 1.165) is 10.6 Å². The molecule has 1 aromatic carbocycles. The maximum Gasteiger partial charge on any atom is 0.337 e. The lowest BCUT2D eigenvalue weighted by molar-refractivity contribution is -0.0731. The van der Waals surface area contributed by atoms with E-state index in [1.807, 2.05) is 0 Å². The highest BCUT2D eigenvalue weighted by Crippen LogP contribution is 2.06. The highest BCUT2D eigenvalue weighted by Gasteiger charge is 2.04. The number of esters is 1. The Morgan fingerprint density at radius 1 is 1.43 bits per heavy atom. The minimum absolute atomic E-state index is 0.353. The third kappa shape index (κ3) is 2.83. The monoisotopic (exact) mass is 195 g/mol. The maximum absolute atomic E-state index is 11.1. The number of ether oxygens (including phenoxy) is 1. The molecule has 0 spiro atoms. The summed E-state index contributed by atoms with van der Waals surface area (Å²) in [7, 11) is 2.91. The molecule has 0 aliphatic rings. The average Bonchev–Trinajstić information content (AvgIpc) is 2.17. The Labute approximate surface area is 82.7 Å². The van der Waals surface area contributed by atoms with Crippen LogP contribution in [0.25, 0.3) is 0 Å². The topological polar surface area (TPSA) is 49.8 Å². The fourth-order valence-electron chi connectivity index (χ4n) is 1.13. The molecule has 4 nitrogen and oxygen atoms in total. The van der Waals surface area contributed by atoms with Crippen molar-refractivity contribution in [2.24, 2.45) is 0 Å². The number of carbonyl (C=O) groups is 1. The number of hydroxylamine groups is 2. The standard InChI is InChI=1S/C10H13NO3/c1-11(13)7-8-3-5-9(6-4-8)10(12)14-2/h3-6,13H,7H2,1-2H3. The largest absolute Gasteiger partial charge is 0.465 e. The van der Waals surface area contributed by atoms with Gasteiger partial charge in [0.15, 0.2) is 0 Å². The Morgan fingerprint density at radius 3 is 2.43 bits per heavy atom. The van der Waals surface area contributed by atoms with Crippen LogP contribution in [-0.4, -0.2) is 30.4 Å². The predicted octanol–water partition coefficient (Wildman–Crippen LogP) is 1.29. The van der Waals surface area contributed by atoms with Gasteiger partial charge in [0.1, 0.15) is 0 Å². The molecule has 0 saturated heterocycles. The second kappa shape index (κ2) is 4.74. The van der Waals surface area contributed by atoms with Gasteiger partial charge in [-0.25, -0.2) is 4.79 Å². The van der Waals surface area contributed by atoms with Gasteiger partial charge in [0, 0.05) is 13.6 Å². The second-order valence-electron chi connectivity index (χ2n) is 3.00. The van der Waals surface area contributed by atoms with Crippen LogP contribution in [0.15, 0.2) is 24.3 Å². The van der Waals surface area contributed by atoms with Gasteiger partial charge >= 0.3 is 5.97 Å². The van der Waals surface area contributed by atoms with E-state index in [4.69, 9.17) is 5.21 Å². The zero-order valence-electron chi connectivity index (χ0n) is 8.23. The van der Waals surface area contributed by atoms with Gasteiger partial charge in [-0.05, 0) is 17.7 Å². The van der Waals surface area contributed by atoms with Crippen molar-refractivity contribution in [3.05, 3.63) is 35.4 Å². The van der Waals surface area contributed by atoms with Gasteiger partial charge in [-0.3, -0.25) is 0 Å². The molecule has 1 aromatic rings. The summed E-state index contributed by atoms with van der Waals surface area (Å²) < 4.78 is 4.56. The van der Waals surface area contributed by atoms with Crippen LogP contribution in [0, 0.1) is 0 Å². The van der Waals surface area contributed by atoms with E-state index < -0.39 is 0 Å². The van der Waals surface area contributed by atoms with Crippen LogP contribution < -0.4 is 0 Å². The van der Waals surface area contributed by atoms with Crippen LogP contribution >= 0.6 is 0 Å². The molecule has 0 unspecified atom stereocenters. The number of hydrogen-bond donors (Lipinski definition) is 1. The molecule has 0 heterocycles. The van der Waals surface area contributed by atoms with Crippen molar-refractivity contribution in [1.82, 2.24) is 5.06 Å². The summed E-state index contributed by atoms with van der Waals surface area (Å²) in [5.74, 6) is -0.353. The summed E-state index contributed by atoms with van der Waals surface area (Å²) in [6.07, 6.45) is 0. The highest BCUT2D eigenvalue weighted by molar-refractivity contribution is 5.89. The Balaban J connectivity index is 2.73. The summed E-state index contributed by atoms with van der Waals surface area (Å²) in [5.41, 5.74) is 1.44. The molecule has 0 radical (unpaired) electrons. The molecule has 0 atom stereocenters. The van der Waals surface area contributed by atoms with Crippen LogP contribution in [0.1, 0.15) is 15.9 Å². The number of nitrogens with zero attached hydrogens (tertiary/aromatic N) is 1. The van der Waals surface area contributed by atoms with Crippen LogP contribution in [0.2, 0.25) is 0 Å².